The molecule has 1 saturated carbocycles. The highest BCUT2D eigenvalue weighted by Gasteiger charge is 2.44. The first kappa shape index (κ1) is 35.4. The molecule has 3 aliphatic rings. The van der Waals surface area contributed by atoms with Crippen molar-refractivity contribution in [2.45, 2.75) is 123 Å². The van der Waals surface area contributed by atoms with Gasteiger partial charge in [-0.25, -0.2) is 4.98 Å². The van der Waals surface area contributed by atoms with Crippen molar-refractivity contribution in [2.75, 3.05) is 0 Å². The number of furan rings is 1. The van der Waals surface area contributed by atoms with Gasteiger partial charge in [-0.3, -0.25) is 0 Å². The molecule has 0 spiro atoms. The molecule has 0 N–H and O–H groups in total. The molecule has 4 aromatic heterocycles. The second-order valence-corrected chi connectivity index (χ2v) is 24.1. The number of hydrogen-bond acceptors (Lipinski definition) is 2. The number of fused-ring (bicyclic) bond motifs is 13. The smallest absolute Gasteiger partial charge is 0.227 e. The number of rotatable bonds is 3. The summed E-state index contributed by atoms with van der Waals surface area (Å²) in [5.41, 5.74) is 15.3. The Hall–Kier alpha value is -4.35. The monoisotopic (exact) mass is 731 g/mol. The van der Waals surface area contributed by atoms with Crippen LogP contribution in [0.1, 0.15) is 111 Å². The Morgan fingerprint density at radius 2 is 1.72 bits per heavy atom. The summed E-state index contributed by atoms with van der Waals surface area (Å²) in [4.78, 5) is 4.63. The van der Waals surface area contributed by atoms with E-state index >= 15 is 0 Å². The van der Waals surface area contributed by atoms with Gasteiger partial charge in [-0.15, -0.1) is 0 Å². The van der Waals surface area contributed by atoms with Crippen molar-refractivity contribution in [3.63, 3.8) is 0 Å². The Kier molecular flexibility index (Phi) is 8.61. The van der Waals surface area contributed by atoms with Gasteiger partial charge in [0.2, 0.25) is 17.1 Å². The van der Waals surface area contributed by atoms with E-state index in [1.807, 2.05) is 12.3 Å². The minimum Gasteiger partial charge on any atom is -0.437 e. The van der Waals surface area contributed by atoms with E-state index in [4.69, 9.17) is 11.0 Å². The average molecular weight is 732 g/mol. The van der Waals surface area contributed by atoms with E-state index in [9.17, 15) is 0 Å². The highest BCUT2D eigenvalue weighted by molar-refractivity contribution is 6.89. The minimum absolute atomic E-state index is 0.204. The molecule has 5 heteroatoms. The van der Waals surface area contributed by atoms with Crippen LogP contribution in [0.2, 0.25) is 19.6 Å². The summed E-state index contributed by atoms with van der Waals surface area (Å²) >= 11 is 0. The van der Waals surface area contributed by atoms with Gasteiger partial charge in [0.25, 0.3) is 0 Å². The first-order valence-electron chi connectivity index (χ1n) is 20.6. The van der Waals surface area contributed by atoms with Crippen molar-refractivity contribution in [1.29, 1.82) is 0 Å². The van der Waals surface area contributed by atoms with Crippen molar-refractivity contribution >= 4 is 41.0 Å². The van der Waals surface area contributed by atoms with E-state index in [-0.39, 0.29) is 11.5 Å². The zero-order valence-corrected chi connectivity index (χ0v) is 34.6. The lowest BCUT2D eigenvalue weighted by Crippen LogP contribution is -2.54. The molecule has 4 nitrogen and oxygen atoms in total. The summed E-state index contributed by atoms with van der Waals surface area (Å²) in [6.07, 6.45) is 17.4. The number of aromatic nitrogens is 3. The average Bonchev–Trinajstić information content (AvgIpc) is 3.51. The number of hydrogen-bond donors (Lipinski definition) is 0. The third-order valence-corrected chi connectivity index (χ3v) is 14.8. The molecular weight excluding hydrogens is 675 g/mol. The van der Waals surface area contributed by atoms with Gasteiger partial charge in [-0.1, -0.05) is 83.9 Å². The molecule has 54 heavy (non-hydrogen) atoms. The third-order valence-electron chi connectivity index (χ3n) is 12.8. The Morgan fingerprint density at radius 1 is 0.907 bits per heavy atom. The Balaban J connectivity index is 1.27. The molecule has 0 saturated heterocycles. The molecule has 2 atom stereocenters. The summed E-state index contributed by atoms with van der Waals surface area (Å²) in [5.74, 6) is 1.00. The molecule has 9 rings (SSSR count). The van der Waals surface area contributed by atoms with Gasteiger partial charge in [-0.05, 0) is 103 Å². The van der Waals surface area contributed by atoms with E-state index in [0.29, 0.717) is 17.5 Å². The van der Waals surface area contributed by atoms with Crippen molar-refractivity contribution < 1.29 is 13.6 Å². The molecule has 0 bridgehead atoms. The summed E-state index contributed by atoms with van der Waals surface area (Å²) in [6.45, 7) is 21.9. The van der Waals surface area contributed by atoms with E-state index in [0.717, 1.165) is 53.4 Å². The molecule has 2 unspecified atom stereocenters. The number of pyridine rings is 3. The summed E-state index contributed by atoms with van der Waals surface area (Å²) < 4.78 is 11.8. The van der Waals surface area contributed by atoms with Crippen LogP contribution in [-0.4, -0.2) is 13.1 Å². The SMILES string of the molecule is C=C1CC2C(CCc3ccc4c(oc5ncccc54)c3-c3cc(C)cc[n+]31)c1ccc(C3CCCCC3)cc1-c1cc(CC(C)(C)C)c([Si](C)(C)C)c[n+]12. The van der Waals surface area contributed by atoms with E-state index < -0.39 is 8.07 Å². The fourth-order valence-electron chi connectivity index (χ4n) is 10.2. The number of nitrogens with zero attached hydrogens (tertiary/aromatic N) is 3. The first-order chi connectivity index (χ1) is 25.8. The van der Waals surface area contributed by atoms with E-state index in [1.165, 1.54) is 65.6 Å². The van der Waals surface area contributed by atoms with Crippen LogP contribution in [0, 0.1) is 12.3 Å². The number of allylic oxidation sites excluding steroid dienone is 1. The quantitative estimate of drug-likeness (QED) is 0.134. The van der Waals surface area contributed by atoms with E-state index in [2.05, 4.69) is 128 Å². The largest absolute Gasteiger partial charge is 0.437 e. The zero-order chi connectivity index (χ0) is 37.5. The Labute approximate surface area is 323 Å². The molecule has 276 valence electrons. The van der Waals surface area contributed by atoms with Crippen molar-refractivity contribution in [3.8, 4) is 22.5 Å². The van der Waals surface area contributed by atoms with Crippen LogP contribution in [0.3, 0.4) is 0 Å². The lowest BCUT2D eigenvalue weighted by molar-refractivity contribution is -0.719. The molecule has 6 heterocycles. The van der Waals surface area contributed by atoms with Crippen LogP contribution in [0.25, 0.3) is 50.3 Å². The normalized spacial score (nSPS) is 19.2. The van der Waals surface area contributed by atoms with Crippen LogP contribution < -0.4 is 14.3 Å². The van der Waals surface area contributed by atoms with Gasteiger partial charge >= 0.3 is 0 Å². The second kappa shape index (κ2) is 13.1. The van der Waals surface area contributed by atoms with Gasteiger partial charge in [0.05, 0.1) is 25.6 Å². The minimum atomic E-state index is -1.70. The van der Waals surface area contributed by atoms with Crippen LogP contribution in [0.5, 0.6) is 0 Å². The summed E-state index contributed by atoms with van der Waals surface area (Å²) in [6, 6.07) is 23.9. The molecule has 6 aromatic rings. The molecule has 0 radical (unpaired) electrons. The Morgan fingerprint density at radius 3 is 2.50 bits per heavy atom. The lowest BCUT2D eigenvalue weighted by Gasteiger charge is -2.34. The van der Waals surface area contributed by atoms with Gasteiger partial charge < -0.3 is 4.42 Å². The summed E-state index contributed by atoms with van der Waals surface area (Å²) in [7, 11) is -1.70. The highest BCUT2D eigenvalue weighted by Crippen LogP contribution is 2.47. The maximum Gasteiger partial charge on any atom is 0.227 e. The topological polar surface area (TPSA) is 33.8 Å². The van der Waals surface area contributed by atoms with Gasteiger partial charge in [0, 0.05) is 46.3 Å². The maximum absolute atomic E-state index is 6.67. The van der Waals surface area contributed by atoms with Crippen LogP contribution in [-0.2, 0) is 12.8 Å². The molecule has 0 amide bonds. The summed E-state index contributed by atoms with van der Waals surface area (Å²) in [5, 5.41) is 3.79. The predicted octanol–water partition coefficient (Wildman–Crippen LogP) is 11.5. The maximum atomic E-state index is 6.67. The Bertz CT molecular complexity index is 2450. The zero-order valence-electron chi connectivity index (χ0n) is 33.6. The molecule has 1 aliphatic carbocycles. The predicted molar refractivity (Wildman–Crippen MR) is 226 cm³/mol. The van der Waals surface area contributed by atoms with Crippen molar-refractivity contribution in [2.24, 2.45) is 5.41 Å². The van der Waals surface area contributed by atoms with Gasteiger partial charge in [-0.2, -0.15) is 9.13 Å². The molecule has 2 aliphatic heterocycles. The van der Waals surface area contributed by atoms with Crippen LogP contribution in [0.4, 0.5) is 0 Å². The first-order valence-corrected chi connectivity index (χ1v) is 24.1. The standard InChI is InChI=1S/C49H57N3OSi/c1-31-22-24-51-32(2)26-42-38(20-16-34-17-21-39-40-15-12-23-50-48(40)53-47(39)46(34)44(51)25-31)37-19-18-35(33-13-10-9-11-14-33)27-41(37)43-28-36(29-49(3,4)5)45(30-52(42)43)54(6,7)8/h12,15,17-19,21-25,27-28,30,33,38,42H,2,9-11,13-14,16,20,26,29H2,1,3-8H3/q+2. The molecule has 1 fully saturated rings. The second-order valence-electron chi connectivity index (χ2n) is 19.1. The van der Waals surface area contributed by atoms with Gasteiger partial charge in [0.15, 0.2) is 29.7 Å². The van der Waals surface area contributed by atoms with Crippen LogP contribution in [0.15, 0.2) is 90.3 Å². The fraction of sp³-hybridized carbons (Fsp3) is 0.408. The highest BCUT2D eigenvalue weighted by atomic mass is 28.3. The number of benzene rings is 2. The molecule has 2 aromatic carbocycles. The number of aryl methyl sites for hydroxylation is 2. The lowest BCUT2D eigenvalue weighted by atomic mass is 9.75. The van der Waals surface area contributed by atoms with E-state index in [1.54, 1.807) is 16.3 Å². The third kappa shape index (κ3) is 6.17. The van der Waals surface area contributed by atoms with Crippen LogP contribution >= 0.6 is 0 Å². The fourth-order valence-corrected chi connectivity index (χ4v) is 11.9. The van der Waals surface area contributed by atoms with Crippen molar-refractivity contribution in [3.05, 3.63) is 114 Å². The van der Waals surface area contributed by atoms with Crippen molar-refractivity contribution in [1.82, 2.24) is 4.98 Å². The molecular formula is C49H57N3OSi+2. The van der Waals surface area contributed by atoms with Gasteiger partial charge in [0.1, 0.15) is 0 Å².